The van der Waals surface area contributed by atoms with Crippen molar-refractivity contribution in [2.75, 3.05) is 6.61 Å². The molecule has 4 nitrogen and oxygen atoms in total. The summed E-state index contributed by atoms with van der Waals surface area (Å²) in [4.78, 5) is 15.7. The molecule has 1 aliphatic heterocycles. The zero-order valence-corrected chi connectivity index (χ0v) is 8.91. The van der Waals surface area contributed by atoms with Crippen molar-refractivity contribution in [3.05, 3.63) is 17.7 Å². The van der Waals surface area contributed by atoms with Gasteiger partial charge in [0.15, 0.2) is 0 Å². The highest BCUT2D eigenvalue weighted by molar-refractivity contribution is 5.74. The summed E-state index contributed by atoms with van der Waals surface area (Å²) in [5.74, 6) is -3.69. The highest BCUT2D eigenvalue weighted by Crippen LogP contribution is 2.28. The van der Waals surface area contributed by atoms with Gasteiger partial charge in [-0.3, -0.25) is 4.79 Å². The molecule has 2 heterocycles. The fourth-order valence-electron chi connectivity index (χ4n) is 1.75. The maximum atomic E-state index is 11.9. The van der Waals surface area contributed by atoms with E-state index in [1.807, 2.05) is 0 Å². The highest BCUT2D eigenvalue weighted by Gasteiger charge is 2.35. The molecule has 0 bridgehead atoms. The van der Waals surface area contributed by atoms with Crippen LogP contribution >= 0.6 is 0 Å². The smallest absolute Gasteiger partial charge is 0.309 e. The van der Waals surface area contributed by atoms with E-state index in [-0.39, 0.29) is 30.7 Å². The minimum absolute atomic E-state index is 0.0398. The SMILES string of the molecule is [2H]c1nc(C)n(C([2H])([2H])[2H])c1C[C@H]1COC(=O)[C@@]1([2H])CC([2H])([2H])[2H]. The first-order valence-electron chi connectivity index (χ1n) is 8.98. The first-order chi connectivity index (χ1) is 10.8. The van der Waals surface area contributed by atoms with Gasteiger partial charge in [0, 0.05) is 34.4 Å². The van der Waals surface area contributed by atoms with Crippen LogP contribution in [0.2, 0.25) is 0 Å². The minimum Gasteiger partial charge on any atom is -0.465 e. The summed E-state index contributed by atoms with van der Waals surface area (Å²) in [5, 5.41) is 0. The second kappa shape index (κ2) is 4.28. The number of nitrogens with zero attached hydrogens (tertiary/aromatic N) is 2. The Balaban J connectivity index is 2.39. The minimum atomic E-state index is -2.57. The number of cyclic esters (lactones) is 1. The summed E-state index contributed by atoms with van der Waals surface area (Å²) >= 11 is 0. The Bertz CT molecular complexity index is 651. The summed E-state index contributed by atoms with van der Waals surface area (Å²) in [6.07, 6.45) is -1.11. The molecule has 0 spiro atoms. The molecule has 88 valence electrons. The number of aryl methyl sites for hydroxylation is 1. The topological polar surface area (TPSA) is 44.1 Å². The van der Waals surface area contributed by atoms with Gasteiger partial charge in [-0.05, 0) is 19.8 Å². The van der Waals surface area contributed by atoms with Gasteiger partial charge in [0.1, 0.15) is 5.82 Å². The van der Waals surface area contributed by atoms with Crippen LogP contribution in [-0.4, -0.2) is 22.1 Å². The molecule has 1 aromatic rings. The number of carbonyl (C=O) groups excluding carboxylic acids is 1. The normalized spacial score (nSPS) is 38.3. The van der Waals surface area contributed by atoms with Crippen LogP contribution in [0.4, 0.5) is 0 Å². The molecule has 0 aromatic carbocycles. The van der Waals surface area contributed by atoms with Crippen molar-refractivity contribution in [2.45, 2.75) is 26.6 Å². The number of esters is 1. The Hall–Kier alpha value is -1.32. The molecule has 0 N–H and O–H groups in total. The zero-order valence-electron chi connectivity index (χ0n) is 16.9. The number of hydrogen-bond donors (Lipinski definition) is 0. The van der Waals surface area contributed by atoms with E-state index in [1.54, 1.807) is 0 Å². The summed E-state index contributed by atoms with van der Waals surface area (Å²) in [7, 11) is 0. The van der Waals surface area contributed by atoms with E-state index in [9.17, 15) is 4.79 Å². The van der Waals surface area contributed by atoms with Crippen molar-refractivity contribution >= 4 is 5.97 Å². The molecule has 1 saturated heterocycles. The molecule has 2 rings (SSSR count). The second-order valence-corrected chi connectivity index (χ2v) is 3.75. The molecule has 0 radical (unpaired) electrons. The third-order valence-electron chi connectivity index (χ3n) is 2.74. The van der Waals surface area contributed by atoms with E-state index in [4.69, 9.17) is 15.7 Å². The molecule has 0 aliphatic carbocycles. The van der Waals surface area contributed by atoms with E-state index in [0.29, 0.717) is 0 Å². The Morgan fingerprint density at radius 2 is 2.75 bits per heavy atom. The van der Waals surface area contributed by atoms with Gasteiger partial charge in [-0.15, -0.1) is 0 Å². The summed E-state index contributed by atoms with van der Waals surface area (Å²) < 4.78 is 66.6. The molecule has 0 unspecified atom stereocenters. The van der Waals surface area contributed by atoms with Crippen molar-refractivity contribution in [3.63, 3.8) is 0 Å². The van der Waals surface area contributed by atoms with Gasteiger partial charge in [0.2, 0.25) is 0 Å². The second-order valence-electron chi connectivity index (χ2n) is 3.75. The van der Waals surface area contributed by atoms with Crippen LogP contribution in [0.25, 0.3) is 0 Å². The lowest BCUT2D eigenvalue weighted by molar-refractivity contribution is -0.141. The lowest BCUT2D eigenvalue weighted by Crippen LogP contribution is -2.18. The van der Waals surface area contributed by atoms with Gasteiger partial charge in [0.05, 0.1) is 13.9 Å². The Morgan fingerprint density at radius 3 is 3.50 bits per heavy atom. The first kappa shape index (κ1) is 4.90. The zero-order chi connectivity index (χ0) is 18.5. The van der Waals surface area contributed by atoms with Gasteiger partial charge < -0.3 is 9.30 Å². The van der Waals surface area contributed by atoms with Gasteiger partial charge in [0.25, 0.3) is 0 Å². The highest BCUT2D eigenvalue weighted by atomic mass is 16.5. The predicted octanol–water partition coefficient (Wildman–Crippen LogP) is 1.47. The monoisotopic (exact) mass is 230 g/mol. The maximum absolute atomic E-state index is 11.9. The molecular weight excluding hydrogens is 204 g/mol. The lowest BCUT2D eigenvalue weighted by atomic mass is 9.89. The number of carbonyl (C=O) groups is 1. The van der Waals surface area contributed by atoms with E-state index in [2.05, 4.69) is 4.98 Å². The Labute approximate surface area is 107 Å². The number of hydrogen-bond acceptors (Lipinski definition) is 3. The fraction of sp³-hybridized carbons (Fsp3) is 0.667. The van der Waals surface area contributed by atoms with Crippen LogP contribution in [-0.2, 0) is 22.9 Å². The molecule has 1 aliphatic rings. The van der Waals surface area contributed by atoms with Gasteiger partial charge >= 0.3 is 5.97 Å². The molecule has 1 fully saturated rings. The van der Waals surface area contributed by atoms with E-state index in [1.165, 1.54) is 6.92 Å². The number of rotatable bonds is 3. The standard InChI is InChI=1S/C12H18N2O2/c1-4-11-9(7-16-12(11)15)5-10-6-13-8(2)14(10)3/h6,9,11H,4-5,7H2,1-3H3/t9-,11-/m0/s1/i1D3,3D3,6D,11D. The Kier molecular flexibility index (Phi) is 1.31. The average Bonchev–Trinajstić information content (AvgIpc) is 2.78. The van der Waals surface area contributed by atoms with Gasteiger partial charge in [-0.2, -0.15) is 0 Å². The first-order valence-corrected chi connectivity index (χ1v) is 4.98. The molecule has 1 aromatic heterocycles. The molecule has 0 saturated carbocycles. The average molecular weight is 230 g/mol. The number of imidazole rings is 1. The van der Waals surface area contributed by atoms with Crippen molar-refractivity contribution in [3.8, 4) is 0 Å². The van der Waals surface area contributed by atoms with Crippen molar-refractivity contribution in [1.82, 2.24) is 9.55 Å². The number of aromatic nitrogens is 2. The van der Waals surface area contributed by atoms with Crippen molar-refractivity contribution in [1.29, 1.82) is 0 Å². The van der Waals surface area contributed by atoms with E-state index < -0.39 is 38.0 Å². The molecule has 2 atom stereocenters. The third-order valence-corrected chi connectivity index (χ3v) is 2.74. The molecule has 4 heteroatoms. The maximum Gasteiger partial charge on any atom is 0.309 e. The van der Waals surface area contributed by atoms with Crippen molar-refractivity contribution < 1.29 is 20.5 Å². The molecular formula is C12H18N2O2. The van der Waals surface area contributed by atoms with E-state index in [0.717, 1.165) is 4.57 Å². The third kappa shape index (κ3) is 1.84. The van der Waals surface area contributed by atoms with Crippen LogP contribution < -0.4 is 0 Å². The lowest BCUT2D eigenvalue weighted by Gasteiger charge is -2.13. The van der Waals surface area contributed by atoms with Crippen LogP contribution in [0.3, 0.4) is 0 Å². The predicted molar refractivity (Wildman–Crippen MR) is 59.9 cm³/mol. The van der Waals surface area contributed by atoms with Gasteiger partial charge in [-0.1, -0.05) is 6.85 Å². The quantitative estimate of drug-likeness (QED) is 0.739. The van der Waals surface area contributed by atoms with Gasteiger partial charge in [-0.25, -0.2) is 4.98 Å². The van der Waals surface area contributed by atoms with Crippen LogP contribution in [0.15, 0.2) is 6.17 Å². The van der Waals surface area contributed by atoms with Crippen LogP contribution in [0.1, 0.15) is 35.8 Å². The summed E-state index contributed by atoms with van der Waals surface area (Å²) in [5.41, 5.74) is 0.0398. The Morgan fingerprint density at radius 1 is 1.88 bits per heavy atom. The molecule has 16 heavy (non-hydrogen) atoms. The van der Waals surface area contributed by atoms with Crippen LogP contribution in [0, 0.1) is 18.7 Å². The largest absolute Gasteiger partial charge is 0.465 e. The van der Waals surface area contributed by atoms with E-state index >= 15 is 0 Å². The van der Waals surface area contributed by atoms with Crippen LogP contribution in [0.5, 0.6) is 0 Å². The molecule has 0 amide bonds. The summed E-state index contributed by atoms with van der Waals surface area (Å²) in [6.45, 7) is -3.82. The summed E-state index contributed by atoms with van der Waals surface area (Å²) in [6, 6.07) is 0. The van der Waals surface area contributed by atoms with Crippen molar-refractivity contribution in [2.24, 2.45) is 18.8 Å². The fourth-order valence-corrected chi connectivity index (χ4v) is 1.75. The number of ether oxygens (including phenoxy) is 1.